The minimum absolute atomic E-state index is 0.00834. The lowest BCUT2D eigenvalue weighted by atomic mass is 9.84. The van der Waals surface area contributed by atoms with Crippen molar-refractivity contribution in [2.24, 2.45) is 12.5 Å². The van der Waals surface area contributed by atoms with Crippen LogP contribution < -0.4 is 4.57 Å². The lowest BCUT2D eigenvalue weighted by Gasteiger charge is -2.28. The van der Waals surface area contributed by atoms with Crippen molar-refractivity contribution in [2.45, 2.75) is 59.5 Å². The van der Waals surface area contributed by atoms with Gasteiger partial charge in [0.1, 0.15) is 7.05 Å². The Kier molecular flexibility index (Phi) is 4.54. The molecule has 2 aromatic rings. The van der Waals surface area contributed by atoms with Crippen molar-refractivity contribution in [1.29, 1.82) is 0 Å². The summed E-state index contributed by atoms with van der Waals surface area (Å²) in [7, 11) is 1.93. The number of aryl methyl sites for hydroxylation is 2. The summed E-state index contributed by atoms with van der Waals surface area (Å²) < 4.78 is 58.6. The molecule has 0 atom stereocenters. The highest BCUT2D eigenvalue weighted by atomic mass is 19.4. The van der Waals surface area contributed by atoms with Crippen molar-refractivity contribution < 1.29 is 20.5 Å². The van der Waals surface area contributed by atoms with Crippen LogP contribution in [0.15, 0.2) is 36.5 Å². The number of rotatable bonds is 3. The zero-order valence-electron chi connectivity index (χ0n) is 18.5. The molecular formula is C22H29F3N+. The van der Waals surface area contributed by atoms with Gasteiger partial charge in [0.2, 0.25) is 5.69 Å². The van der Waals surface area contributed by atoms with E-state index >= 15 is 0 Å². The van der Waals surface area contributed by atoms with E-state index in [1.807, 2.05) is 17.7 Å². The number of alkyl halides is 3. The van der Waals surface area contributed by atoms with E-state index < -0.39 is 18.0 Å². The molecule has 0 unspecified atom stereocenters. The zero-order valence-corrected chi connectivity index (χ0v) is 16.5. The Morgan fingerprint density at radius 2 is 1.62 bits per heavy atom. The summed E-state index contributed by atoms with van der Waals surface area (Å²) in [4.78, 5) is 0. The second-order valence-electron chi connectivity index (χ2n) is 8.44. The van der Waals surface area contributed by atoms with Gasteiger partial charge in [0, 0.05) is 19.9 Å². The highest BCUT2D eigenvalue weighted by Crippen LogP contribution is 2.40. The molecule has 1 heterocycles. The summed E-state index contributed by atoms with van der Waals surface area (Å²) in [6.45, 7) is 10.0. The van der Waals surface area contributed by atoms with Gasteiger partial charge < -0.3 is 0 Å². The van der Waals surface area contributed by atoms with E-state index in [4.69, 9.17) is 2.74 Å². The first kappa shape index (κ1) is 17.6. The van der Waals surface area contributed by atoms with Crippen molar-refractivity contribution >= 4 is 0 Å². The predicted molar refractivity (Wildman–Crippen MR) is 100 cm³/mol. The third kappa shape index (κ3) is 4.28. The van der Waals surface area contributed by atoms with Crippen LogP contribution in [-0.4, -0.2) is 6.18 Å². The van der Waals surface area contributed by atoms with Crippen molar-refractivity contribution in [3.8, 4) is 11.3 Å². The molecule has 0 aliphatic rings. The number of hydrogen-bond donors (Lipinski definition) is 0. The summed E-state index contributed by atoms with van der Waals surface area (Å²) in [5.41, 5.74) is 1.24. The molecule has 2 rings (SSSR count). The molecule has 26 heavy (non-hydrogen) atoms. The number of hydrogen-bond acceptors (Lipinski definition) is 0. The third-order valence-corrected chi connectivity index (χ3v) is 4.67. The Hall–Kier alpha value is -1.84. The van der Waals surface area contributed by atoms with Gasteiger partial charge in [-0.25, -0.2) is 4.57 Å². The molecule has 0 fully saturated rings. The summed E-state index contributed by atoms with van der Waals surface area (Å²) in [5, 5.41) is 0. The molecule has 4 heteroatoms. The van der Waals surface area contributed by atoms with E-state index in [0.29, 0.717) is 0 Å². The van der Waals surface area contributed by atoms with E-state index in [0.717, 1.165) is 30.7 Å². The van der Waals surface area contributed by atoms with Crippen LogP contribution in [0.2, 0.25) is 0 Å². The summed E-state index contributed by atoms with van der Waals surface area (Å²) in [5.74, 6) is 0. The minimum Gasteiger partial charge on any atom is -0.201 e. The van der Waals surface area contributed by atoms with E-state index in [-0.39, 0.29) is 11.0 Å². The monoisotopic (exact) mass is 366 g/mol. The van der Waals surface area contributed by atoms with Gasteiger partial charge in [-0.15, -0.1) is 0 Å². The lowest BCUT2D eigenvalue weighted by molar-refractivity contribution is -0.661. The maximum atomic E-state index is 13.4. The van der Waals surface area contributed by atoms with Gasteiger partial charge in [-0.3, -0.25) is 0 Å². The van der Waals surface area contributed by atoms with Gasteiger partial charge in [0.05, 0.1) is 5.41 Å². The molecule has 0 aliphatic carbocycles. The normalized spacial score (nSPS) is 14.8. The van der Waals surface area contributed by atoms with Gasteiger partial charge in [0.25, 0.3) is 0 Å². The molecule has 0 saturated heterocycles. The van der Waals surface area contributed by atoms with Crippen LogP contribution in [0.3, 0.4) is 0 Å². The molecule has 1 aromatic heterocycles. The van der Waals surface area contributed by atoms with Crippen molar-refractivity contribution in [3.05, 3.63) is 53.2 Å². The Balaban J connectivity index is 2.51. The van der Waals surface area contributed by atoms with Gasteiger partial charge in [0.15, 0.2) is 6.20 Å². The highest BCUT2D eigenvalue weighted by Gasteiger charge is 2.46. The Morgan fingerprint density at radius 1 is 1.00 bits per heavy atom. The van der Waals surface area contributed by atoms with Gasteiger partial charge in [-0.1, -0.05) is 46.8 Å². The second-order valence-corrected chi connectivity index (χ2v) is 8.44. The molecule has 0 bridgehead atoms. The van der Waals surface area contributed by atoms with Crippen molar-refractivity contribution in [3.63, 3.8) is 0 Å². The zero-order chi connectivity index (χ0) is 21.7. The molecule has 0 radical (unpaired) electrons. The third-order valence-electron chi connectivity index (χ3n) is 4.67. The van der Waals surface area contributed by atoms with E-state index in [9.17, 15) is 13.2 Å². The maximum Gasteiger partial charge on any atom is 0.394 e. The molecular weight excluding hydrogens is 335 g/mol. The predicted octanol–water partition coefficient (Wildman–Crippen LogP) is 5.92. The van der Waals surface area contributed by atoms with Gasteiger partial charge in [-0.2, -0.15) is 13.2 Å². The Labute approximate surface area is 157 Å². The average molecular weight is 366 g/mol. The van der Waals surface area contributed by atoms with E-state index in [2.05, 4.69) is 33.0 Å². The van der Waals surface area contributed by atoms with Crippen LogP contribution in [0.4, 0.5) is 13.2 Å². The maximum absolute atomic E-state index is 13.4. The molecule has 0 N–H and O–H groups in total. The SMILES string of the molecule is [2H]C([2H])(c1ccc(-c2ccc(C(C)(C)C)c[n+]2C)c(C)c1)C(C)(C)C(F)(F)F. The molecule has 0 saturated carbocycles. The van der Waals surface area contributed by atoms with Crippen LogP contribution in [0.25, 0.3) is 11.3 Å². The van der Waals surface area contributed by atoms with E-state index in [1.165, 1.54) is 17.7 Å². The summed E-state index contributed by atoms with van der Waals surface area (Å²) in [6, 6.07) is 8.75. The van der Waals surface area contributed by atoms with E-state index in [1.54, 1.807) is 13.0 Å². The molecule has 1 aromatic carbocycles. The molecule has 0 spiro atoms. The first-order chi connectivity index (χ1) is 12.5. The number of halogens is 3. The topological polar surface area (TPSA) is 3.88 Å². The Bertz CT molecular complexity index is 878. The molecule has 142 valence electrons. The lowest BCUT2D eigenvalue weighted by Crippen LogP contribution is -2.34. The molecule has 0 amide bonds. The van der Waals surface area contributed by atoms with Crippen LogP contribution >= 0.6 is 0 Å². The standard InChI is InChI=1S/C22H29F3N/c1-15-12-16(13-21(5,6)22(23,24)25)8-10-18(15)19-11-9-17(14-26(19)7)20(2,3)4/h8-12,14H,13H2,1-7H3/q+1/i13D2. The minimum atomic E-state index is -4.65. The summed E-state index contributed by atoms with van der Waals surface area (Å²) >= 11 is 0. The van der Waals surface area contributed by atoms with Crippen LogP contribution in [0.5, 0.6) is 0 Å². The summed E-state index contributed by atoms with van der Waals surface area (Å²) in [6.07, 6.45) is -5.15. The van der Waals surface area contributed by atoms with Crippen LogP contribution in [0.1, 0.15) is 54.1 Å². The largest absolute Gasteiger partial charge is 0.394 e. The van der Waals surface area contributed by atoms with Crippen molar-refractivity contribution in [1.82, 2.24) is 0 Å². The quantitative estimate of drug-likeness (QED) is 0.594. The highest BCUT2D eigenvalue weighted by molar-refractivity contribution is 5.61. The number of nitrogens with zero attached hydrogens (tertiary/aromatic N) is 1. The Morgan fingerprint density at radius 3 is 2.08 bits per heavy atom. The fourth-order valence-electron chi connectivity index (χ4n) is 2.79. The van der Waals surface area contributed by atoms with Gasteiger partial charge in [-0.05, 0) is 42.0 Å². The number of pyridine rings is 1. The second kappa shape index (κ2) is 6.71. The fraction of sp³-hybridized carbons (Fsp3) is 0.500. The smallest absolute Gasteiger partial charge is 0.201 e. The van der Waals surface area contributed by atoms with Gasteiger partial charge >= 0.3 is 6.18 Å². The number of aromatic nitrogens is 1. The van der Waals surface area contributed by atoms with Crippen LogP contribution in [0, 0.1) is 12.3 Å². The van der Waals surface area contributed by atoms with Crippen LogP contribution in [-0.2, 0) is 18.8 Å². The van der Waals surface area contributed by atoms with Crippen molar-refractivity contribution in [2.75, 3.05) is 0 Å². The molecule has 1 nitrogen and oxygen atoms in total. The average Bonchev–Trinajstić information content (AvgIpc) is 2.53. The number of benzene rings is 1. The fourth-order valence-corrected chi connectivity index (χ4v) is 2.79. The molecule has 0 aliphatic heterocycles. The first-order valence-electron chi connectivity index (χ1n) is 9.68. The first-order valence-corrected chi connectivity index (χ1v) is 8.68.